The van der Waals surface area contributed by atoms with Gasteiger partial charge >= 0.3 is 0 Å². The first-order valence-corrected chi connectivity index (χ1v) is 6.70. The van der Waals surface area contributed by atoms with Crippen LogP contribution in [-0.4, -0.2) is 63.8 Å². The second-order valence-electron chi connectivity index (χ2n) is 4.37. The average Bonchev–Trinajstić information content (AvgIpc) is 2.44. The van der Waals surface area contributed by atoms with Gasteiger partial charge in [-0.15, -0.1) is 0 Å². The number of nitrogens with two attached hydrogens (primary N) is 1. The van der Waals surface area contributed by atoms with Crippen LogP contribution in [0.2, 0.25) is 0 Å². The number of nitrogens with one attached hydrogen (secondary N) is 1. The van der Waals surface area contributed by atoms with Gasteiger partial charge in [-0.05, 0) is 13.8 Å². The number of allylic oxidation sites excluding steroid dienone is 2. The van der Waals surface area contributed by atoms with E-state index in [9.17, 15) is 9.90 Å². The topological polar surface area (TPSA) is 136 Å². The average molecular weight is 304 g/mol. The second kappa shape index (κ2) is 13.7. The molecule has 0 aromatic heterocycles. The summed E-state index contributed by atoms with van der Waals surface area (Å²) in [6.45, 7) is 4.42. The van der Waals surface area contributed by atoms with Crippen molar-refractivity contribution in [2.75, 3.05) is 13.2 Å². The molecular weight excluding hydrogens is 276 g/mol. The Bertz CT molecular complexity index is 320. The van der Waals surface area contributed by atoms with Crippen molar-refractivity contribution in [3.63, 3.8) is 0 Å². The molecule has 21 heavy (non-hydrogen) atoms. The molecule has 0 bridgehead atoms. The molecule has 0 saturated heterocycles. The molecule has 0 heterocycles. The number of aliphatic hydroxyl groups excluding tert-OH is 4. The van der Waals surface area contributed by atoms with Gasteiger partial charge in [-0.2, -0.15) is 0 Å². The van der Waals surface area contributed by atoms with E-state index in [1.165, 1.54) is 13.0 Å². The lowest BCUT2D eigenvalue weighted by Gasteiger charge is -2.18. The van der Waals surface area contributed by atoms with Crippen molar-refractivity contribution in [1.82, 2.24) is 5.32 Å². The quantitative estimate of drug-likeness (QED) is 0.322. The zero-order valence-corrected chi connectivity index (χ0v) is 12.8. The van der Waals surface area contributed by atoms with Crippen LogP contribution < -0.4 is 11.1 Å². The minimum atomic E-state index is -0.830. The molecule has 0 radical (unpaired) electrons. The molecule has 0 spiro atoms. The van der Waals surface area contributed by atoms with E-state index < -0.39 is 24.3 Å². The van der Waals surface area contributed by atoms with Gasteiger partial charge in [0.2, 0.25) is 5.91 Å². The van der Waals surface area contributed by atoms with Crippen molar-refractivity contribution in [3.8, 4) is 0 Å². The van der Waals surface area contributed by atoms with Crippen LogP contribution in [0.25, 0.3) is 0 Å². The molecule has 7 nitrogen and oxygen atoms in total. The van der Waals surface area contributed by atoms with Crippen LogP contribution in [0.4, 0.5) is 0 Å². The maximum Gasteiger partial charge on any atom is 0.217 e. The molecule has 0 saturated carbocycles. The number of aliphatic hydroxyl groups is 4. The monoisotopic (exact) mass is 304 g/mol. The summed E-state index contributed by atoms with van der Waals surface area (Å²) in [4.78, 5) is 10.6. The van der Waals surface area contributed by atoms with Crippen LogP contribution in [0.5, 0.6) is 0 Å². The first kappa shape index (κ1) is 22.0. The molecule has 1 amide bonds. The number of carbonyl (C=O) groups is 1. The van der Waals surface area contributed by atoms with Gasteiger partial charge in [0.1, 0.15) is 0 Å². The maximum atomic E-state index is 10.6. The fourth-order valence-corrected chi connectivity index (χ4v) is 1.28. The van der Waals surface area contributed by atoms with Crippen molar-refractivity contribution >= 4 is 5.91 Å². The standard InChI is InChI=1S/C8H15NO3.C6H13NO2/c1-3-4-8(12)7(5-10)9-6(2)11;1-2-3-6(9)5(7)4-8/h3-4,7-8,10,12H,5H2,1-2H3,(H,9,11);2-3,5-6,8-9H,4,7H2,1H3/b4-3+;3-2+/t7-,8+;5-,6+/m00/s1. The molecule has 0 rings (SSSR count). The molecule has 4 atom stereocenters. The Morgan fingerprint density at radius 3 is 1.90 bits per heavy atom. The zero-order valence-electron chi connectivity index (χ0n) is 12.8. The largest absolute Gasteiger partial charge is 0.395 e. The summed E-state index contributed by atoms with van der Waals surface area (Å²) in [5.74, 6) is -0.266. The van der Waals surface area contributed by atoms with Gasteiger partial charge in [-0.25, -0.2) is 0 Å². The fraction of sp³-hybridized carbons (Fsp3) is 0.643. The molecule has 7 N–H and O–H groups in total. The Morgan fingerprint density at radius 1 is 1.10 bits per heavy atom. The smallest absolute Gasteiger partial charge is 0.217 e. The van der Waals surface area contributed by atoms with Crippen LogP contribution in [0.3, 0.4) is 0 Å². The van der Waals surface area contributed by atoms with Gasteiger partial charge in [-0.1, -0.05) is 24.3 Å². The number of carbonyl (C=O) groups excluding carboxylic acids is 1. The van der Waals surface area contributed by atoms with Gasteiger partial charge < -0.3 is 31.5 Å². The lowest BCUT2D eigenvalue weighted by molar-refractivity contribution is -0.120. The van der Waals surface area contributed by atoms with Crippen molar-refractivity contribution in [3.05, 3.63) is 24.3 Å². The Kier molecular flexibility index (Phi) is 14.4. The van der Waals surface area contributed by atoms with Gasteiger partial charge in [0, 0.05) is 6.92 Å². The Hall–Kier alpha value is -1.25. The van der Waals surface area contributed by atoms with Crippen molar-refractivity contribution in [1.29, 1.82) is 0 Å². The van der Waals surface area contributed by atoms with Crippen molar-refractivity contribution in [2.24, 2.45) is 5.73 Å². The second-order valence-corrected chi connectivity index (χ2v) is 4.37. The Balaban J connectivity index is 0. The highest BCUT2D eigenvalue weighted by molar-refractivity contribution is 5.73. The molecule has 0 aliphatic rings. The van der Waals surface area contributed by atoms with E-state index in [0.29, 0.717) is 0 Å². The summed E-state index contributed by atoms with van der Waals surface area (Å²) in [5, 5.41) is 37.8. The lowest BCUT2D eigenvalue weighted by Crippen LogP contribution is -2.44. The molecule has 0 aromatic rings. The van der Waals surface area contributed by atoms with Crippen molar-refractivity contribution in [2.45, 2.75) is 45.1 Å². The molecule has 0 aliphatic heterocycles. The van der Waals surface area contributed by atoms with Crippen LogP contribution in [0, 0.1) is 0 Å². The number of hydrogen-bond donors (Lipinski definition) is 6. The third-order valence-electron chi connectivity index (χ3n) is 2.43. The van der Waals surface area contributed by atoms with Crippen LogP contribution in [0.1, 0.15) is 20.8 Å². The van der Waals surface area contributed by atoms with E-state index in [1.807, 2.05) is 0 Å². The number of amides is 1. The highest BCUT2D eigenvalue weighted by Gasteiger charge is 2.15. The van der Waals surface area contributed by atoms with Gasteiger partial charge in [-0.3, -0.25) is 4.79 Å². The summed E-state index contributed by atoms with van der Waals surface area (Å²) < 4.78 is 0. The van der Waals surface area contributed by atoms with E-state index in [4.69, 9.17) is 21.1 Å². The number of rotatable bonds is 7. The van der Waals surface area contributed by atoms with E-state index in [2.05, 4.69) is 5.32 Å². The Labute approximate surface area is 125 Å². The van der Waals surface area contributed by atoms with E-state index in [1.54, 1.807) is 32.1 Å². The SMILES string of the molecule is C/C=C/[C@@H](O)[C@@H](N)CO.C/C=C/[C@@H](O)[C@H](CO)NC(C)=O. The lowest BCUT2D eigenvalue weighted by atomic mass is 10.1. The van der Waals surface area contributed by atoms with Crippen LogP contribution >= 0.6 is 0 Å². The minimum Gasteiger partial charge on any atom is -0.395 e. The first-order chi connectivity index (χ1) is 9.83. The summed E-state index contributed by atoms with van der Waals surface area (Å²) in [7, 11) is 0. The van der Waals surface area contributed by atoms with Gasteiger partial charge in [0.05, 0.1) is 37.5 Å². The molecule has 0 aliphatic carbocycles. The summed E-state index contributed by atoms with van der Waals surface area (Å²) in [6, 6.07) is -1.17. The van der Waals surface area contributed by atoms with Crippen LogP contribution in [0.15, 0.2) is 24.3 Å². The summed E-state index contributed by atoms with van der Waals surface area (Å²) in [5.41, 5.74) is 5.25. The molecule has 0 fully saturated rings. The molecule has 0 unspecified atom stereocenters. The first-order valence-electron chi connectivity index (χ1n) is 6.70. The van der Waals surface area contributed by atoms with E-state index in [0.717, 1.165) is 0 Å². The van der Waals surface area contributed by atoms with E-state index in [-0.39, 0.29) is 19.1 Å². The maximum absolute atomic E-state index is 10.6. The molecular formula is C14H28N2O5. The molecule has 124 valence electrons. The molecule has 0 aromatic carbocycles. The van der Waals surface area contributed by atoms with Gasteiger partial charge in [0.15, 0.2) is 0 Å². The molecule has 7 heteroatoms. The number of hydrogen-bond acceptors (Lipinski definition) is 6. The fourth-order valence-electron chi connectivity index (χ4n) is 1.28. The van der Waals surface area contributed by atoms with Crippen molar-refractivity contribution < 1.29 is 25.2 Å². The zero-order chi connectivity index (χ0) is 16.8. The third-order valence-corrected chi connectivity index (χ3v) is 2.43. The van der Waals surface area contributed by atoms with Gasteiger partial charge in [0.25, 0.3) is 0 Å². The van der Waals surface area contributed by atoms with Crippen LogP contribution in [-0.2, 0) is 4.79 Å². The highest BCUT2D eigenvalue weighted by atomic mass is 16.3. The minimum absolute atomic E-state index is 0.189. The normalized spacial score (nSPS) is 17.0. The third kappa shape index (κ3) is 12.2. The Morgan fingerprint density at radius 2 is 1.57 bits per heavy atom. The summed E-state index contributed by atoms with van der Waals surface area (Å²) in [6.07, 6.45) is 4.86. The van der Waals surface area contributed by atoms with E-state index >= 15 is 0 Å². The predicted octanol–water partition coefficient (Wildman–Crippen LogP) is -1.34. The predicted molar refractivity (Wildman–Crippen MR) is 81.4 cm³/mol. The highest BCUT2D eigenvalue weighted by Crippen LogP contribution is 1.94. The summed E-state index contributed by atoms with van der Waals surface area (Å²) >= 11 is 0.